The van der Waals surface area contributed by atoms with E-state index in [-0.39, 0.29) is 0 Å². The summed E-state index contributed by atoms with van der Waals surface area (Å²) in [7, 11) is 2.15. The van der Waals surface area contributed by atoms with Crippen molar-refractivity contribution in [2.75, 3.05) is 7.05 Å². The molecule has 1 heteroatoms. The van der Waals surface area contributed by atoms with Gasteiger partial charge in [0.05, 0.1) is 0 Å². The van der Waals surface area contributed by atoms with E-state index in [1.165, 1.54) is 25.7 Å². The van der Waals surface area contributed by atoms with Gasteiger partial charge in [0.15, 0.2) is 0 Å². The van der Waals surface area contributed by atoms with E-state index in [1.807, 2.05) is 0 Å². The largest absolute Gasteiger partial charge is 0.314 e. The molecule has 0 radical (unpaired) electrons. The third-order valence-electron chi connectivity index (χ3n) is 4.91. The van der Waals surface area contributed by atoms with Gasteiger partial charge in [-0.1, -0.05) is 46.8 Å². The fourth-order valence-corrected chi connectivity index (χ4v) is 3.50. The molecule has 1 aliphatic rings. The van der Waals surface area contributed by atoms with Crippen molar-refractivity contribution < 1.29 is 0 Å². The van der Waals surface area contributed by atoms with Crippen LogP contribution in [0.2, 0.25) is 0 Å². The summed E-state index contributed by atoms with van der Waals surface area (Å²) in [6, 6.07) is 0. The summed E-state index contributed by atoms with van der Waals surface area (Å²) >= 11 is 0. The Morgan fingerprint density at radius 3 is 2.33 bits per heavy atom. The van der Waals surface area contributed by atoms with E-state index in [4.69, 9.17) is 0 Å². The Morgan fingerprint density at radius 1 is 1.22 bits per heavy atom. The van der Waals surface area contributed by atoms with Crippen molar-refractivity contribution in [3.05, 3.63) is 12.2 Å². The van der Waals surface area contributed by atoms with E-state index in [0.717, 1.165) is 12.3 Å². The lowest BCUT2D eigenvalue weighted by Gasteiger charge is -2.35. The molecule has 0 aromatic heterocycles. The van der Waals surface area contributed by atoms with E-state index in [2.05, 4.69) is 59.1 Å². The van der Waals surface area contributed by atoms with E-state index < -0.39 is 0 Å². The van der Waals surface area contributed by atoms with Crippen LogP contribution < -0.4 is 5.32 Å². The van der Waals surface area contributed by atoms with Gasteiger partial charge in [-0.15, -0.1) is 0 Å². The SMILES string of the molecule is CCC=CC(C)C(C)CC1(NC)CCC(C)(C)C1. The van der Waals surface area contributed by atoms with Crippen molar-refractivity contribution in [2.45, 2.75) is 72.3 Å². The van der Waals surface area contributed by atoms with Crippen molar-refractivity contribution in [2.24, 2.45) is 17.3 Å². The molecule has 0 amide bonds. The van der Waals surface area contributed by atoms with E-state index in [9.17, 15) is 0 Å². The molecule has 0 bridgehead atoms. The lowest BCUT2D eigenvalue weighted by Crippen LogP contribution is -2.43. The third-order valence-corrected chi connectivity index (χ3v) is 4.91. The van der Waals surface area contributed by atoms with Crippen molar-refractivity contribution in [3.8, 4) is 0 Å². The van der Waals surface area contributed by atoms with Crippen molar-refractivity contribution in [1.29, 1.82) is 0 Å². The van der Waals surface area contributed by atoms with Crippen molar-refractivity contribution >= 4 is 0 Å². The van der Waals surface area contributed by atoms with Gasteiger partial charge >= 0.3 is 0 Å². The zero-order valence-electron chi connectivity index (χ0n) is 13.3. The van der Waals surface area contributed by atoms with Crippen LogP contribution in [0.5, 0.6) is 0 Å². The minimum atomic E-state index is 0.386. The molecule has 0 aromatic rings. The van der Waals surface area contributed by atoms with E-state index in [1.54, 1.807) is 0 Å². The lowest BCUT2D eigenvalue weighted by molar-refractivity contribution is 0.232. The first-order valence-electron chi connectivity index (χ1n) is 7.70. The standard InChI is InChI=1S/C17H33N/c1-7-8-9-14(2)15(3)12-17(18-6)11-10-16(4,5)13-17/h8-9,14-15,18H,7,10-13H2,1-6H3. The summed E-state index contributed by atoms with van der Waals surface area (Å²) in [5, 5.41) is 3.65. The summed E-state index contributed by atoms with van der Waals surface area (Å²) in [5.74, 6) is 1.45. The van der Waals surface area contributed by atoms with Crippen molar-refractivity contribution in [3.63, 3.8) is 0 Å². The Balaban J connectivity index is 2.61. The van der Waals surface area contributed by atoms with Crippen LogP contribution in [0.25, 0.3) is 0 Å². The first-order valence-corrected chi connectivity index (χ1v) is 7.70. The maximum Gasteiger partial charge on any atom is 0.0186 e. The molecule has 1 fully saturated rings. The molecule has 0 saturated heterocycles. The second-order valence-corrected chi connectivity index (χ2v) is 7.25. The number of allylic oxidation sites excluding steroid dienone is 2. The predicted octanol–water partition coefficient (Wildman–Crippen LogP) is 4.78. The minimum absolute atomic E-state index is 0.386. The van der Waals surface area contributed by atoms with E-state index >= 15 is 0 Å². The lowest BCUT2D eigenvalue weighted by atomic mass is 9.79. The molecule has 1 saturated carbocycles. The monoisotopic (exact) mass is 251 g/mol. The van der Waals surface area contributed by atoms with Crippen LogP contribution in [0.4, 0.5) is 0 Å². The maximum absolute atomic E-state index is 3.65. The molecule has 1 rings (SSSR count). The molecule has 0 aliphatic heterocycles. The van der Waals surface area contributed by atoms with Crippen LogP contribution in [0.1, 0.15) is 66.7 Å². The Morgan fingerprint density at radius 2 is 1.89 bits per heavy atom. The Bertz CT molecular complexity index is 279. The molecule has 3 unspecified atom stereocenters. The van der Waals surface area contributed by atoms with Gasteiger partial charge in [-0.2, -0.15) is 0 Å². The average Bonchev–Trinajstić information content (AvgIpc) is 2.62. The van der Waals surface area contributed by atoms with Gasteiger partial charge < -0.3 is 5.32 Å². The highest BCUT2D eigenvalue weighted by molar-refractivity contribution is 5.01. The molecule has 1 aliphatic carbocycles. The predicted molar refractivity (Wildman–Crippen MR) is 81.8 cm³/mol. The second-order valence-electron chi connectivity index (χ2n) is 7.25. The normalized spacial score (nSPS) is 30.8. The van der Waals surface area contributed by atoms with Crippen molar-refractivity contribution in [1.82, 2.24) is 5.32 Å². The highest BCUT2D eigenvalue weighted by Gasteiger charge is 2.42. The van der Waals surface area contributed by atoms with Crippen LogP contribution in [-0.2, 0) is 0 Å². The van der Waals surface area contributed by atoms with E-state index in [0.29, 0.717) is 16.9 Å². The zero-order chi connectivity index (χ0) is 13.8. The summed E-state index contributed by atoms with van der Waals surface area (Å²) in [5.41, 5.74) is 0.905. The molecule has 3 atom stereocenters. The molecule has 0 spiro atoms. The van der Waals surface area contributed by atoms with Crippen LogP contribution in [0.3, 0.4) is 0 Å². The zero-order valence-corrected chi connectivity index (χ0v) is 13.3. The number of nitrogens with one attached hydrogen (secondary N) is 1. The second kappa shape index (κ2) is 6.23. The van der Waals surface area contributed by atoms with Crippen LogP contribution in [0, 0.1) is 17.3 Å². The molecule has 106 valence electrons. The summed E-state index contributed by atoms with van der Waals surface area (Å²) < 4.78 is 0. The van der Waals surface area contributed by atoms with Crippen LogP contribution in [-0.4, -0.2) is 12.6 Å². The first kappa shape index (κ1) is 15.8. The number of hydrogen-bond acceptors (Lipinski definition) is 1. The molecular formula is C17H33N. The molecule has 1 N–H and O–H groups in total. The Kier molecular flexibility index (Phi) is 5.46. The Hall–Kier alpha value is -0.300. The molecule has 0 aromatic carbocycles. The first-order chi connectivity index (χ1) is 8.34. The maximum atomic E-state index is 3.65. The third kappa shape index (κ3) is 4.12. The van der Waals surface area contributed by atoms with Gasteiger partial charge in [0, 0.05) is 5.54 Å². The van der Waals surface area contributed by atoms with Gasteiger partial charge in [0.25, 0.3) is 0 Å². The highest BCUT2D eigenvalue weighted by Crippen LogP contribution is 2.46. The highest BCUT2D eigenvalue weighted by atomic mass is 15.0. The quantitative estimate of drug-likeness (QED) is 0.670. The molecular weight excluding hydrogens is 218 g/mol. The smallest absolute Gasteiger partial charge is 0.0186 e. The van der Waals surface area contributed by atoms with Gasteiger partial charge in [-0.25, -0.2) is 0 Å². The average molecular weight is 251 g/mol. The topological polar surface area (TPSA) is 12.0 Å². The molecule has 1 nitrogen and oxygen atoms in total. The molecule has 18 heavy (non-hydrogen) atoms. The van der Waals surface area contributed by atoms with Crippen LogP contribution in [0.15, 0.2) is 12.2 Å². The summed E-state index contributed by atoms with van der Waals surface area (Å²) in [6.45, 7) is 11.8. The van der Waals surface area contributed by atoms with Gasteiger partial charge in [0.2, 0.25) is 0 Å². The van der Waals surface area contributed by atoms with Crippen LogP contribution >= 0.6 is 0 Å². The number of hydrogen-bond donors (Lipinski definition) is 1. The fraction of sp³-hybridized carbons (Fsp3) is 0.882. The summed E-state index contributed by atoms with van der Waals surface area (Å²) in [4.78, 5) is 0. The Labute approximate surface area is 114 Å². The fourth-order valence-electron chi connectivity index (χ4n) is 3.50. The van der Waals surface area contributed by atoms with Gasteiger partial charge in [-0.05, 0) is 56.4 Å². The van der Waals surface area contributed by atoms with Gasteiger partial charge in [-0.3, -0.25) is 0 Å². The molecule has 0 heterocycles. The number of rotatable bonds is 6. The van der Waals surface area contributed by atoms with Gasteiger partial charge in [0.1, 0.15) is 0 Å². The summed E-state index contributed by atoms with van der Waals surface area (Å²) in [6.07, 6.45) is 11.2. The minimum Gasteiger partial charge on any atom is -0.314 e.